The Balaban J connectivity index is 1.49. The molecule has 3 heterocycles. The molecule has 10 nitrogen and oxygen atoms in total. The standard InChI is InChI=1S/C22H20N2O8/c1-2-28-21(26)19-14(23-22(27)24-20(19)16-4-3-9-29-16)11-30-18(25)8-6-13-5-7-15-17(10-13)32-12-31-15/h3-10,20H,2,11-12H2,1H3,(H2,23,24,27)/b8-6+. The monoisotopic (exact) mass is 440 g/mol. The van der Waals surface area contributed by atoms with E-state index in [1.807, 2.05) is 0 Å². The van der Waals surface area contributed by atoms with Gasteiger partial charge in [0.15, 0.2) is 11.5 Å². The molecule has 2 aliphatic rings. The van der Waals surface area contributed by atoms with Crippen molar-refractivity contribution in [1.82, 2.24) is 10.6 Å². The summed E-state index contributed by atoms with van der Waals surface area (Å²) in [6.07, 6.45) is 4.21. The molecule has 166 valence electrons. The van der Waals surface area contributed by atoms with Gasteiger partial charge in [0.2, 0.25) is 6.79 Å². The fraction of sp³-hybridized carbons (Fsp3) is 0.227. The second-order valence-corrected chi connectivity index (χ2v) is 6.71. The normalized spacial score (nSPS) is 17.2. The highest BCUT2D eigenvalue weighted by Crippen LogP contribution is 2.33. The molecule has 1 aromatic carbocycles. The summed E-state index contributed by atoms with van der Waals surface area (Å²) in [5, 5.41) is 5.12. The highest BCUT2D eigenvalue weighted by Gasteiger charge is 2.35. The van der Waals surface area contributed by atoms with Crippen molar-refractivity contribution < 1.29 is 37.7 Å². The van der Waals surface area contributed by atoms with Gasteiger partial charge in [-0.25, -0.2) is 14.4 Å². The molecule has 0 saturated heterocycles. The number of carbonyl (C=O) groups is 3. The smallest absolute Gasteiger partial charge is 0.338 e. The third kappa shape index (κ3) is 4.59. The van der Waals surface area contributed by atoms with Gasteiger partial charge in [-0.05, 0) is 42.8 Å². The summed E-state index contributed by atoms with van der Waals surface area (Å²) in [6.45, 7) is 1.60. The van der Waals surface area contributed by atoms with Gasteiger partial charge in [0.25, 0.3) is 0 Å². The number of fused-ring (bicyclic) bond motifs is 1. The summed E-state index contributed by atoms with van der Waals surface area (Å²) < 4.78 is 26.3. The number of benzene rings is 1. The lowest BCUT2D eigenvalue weighted by Crippen LogP contribution is -2.47. The summed E-state index contributed by atoms with van der Waals surface area (Å²) >= 11 is 0. The zero-order valence-corrected chi connectivity index (χ0v) is 17.1. The highest BCUT2D eigenvalue weighted by atomic mass is 16.7. The number of urea groups is 1. The largest absolute Gasteiger partial charge is 0.467 e. The minimum Gasteiger partial charge on any atom is -0.467 e. The van der Waals surface area contributed by atoms with Crippen LogP contribution in [0.3, 0.4) is 0 Å². The molecule has 2 aromatic rings. The molecule has 0 spiro atoms. The zero-order valence-electron chi connectivity index (χ0n) is 17.1. The van der Waals surface area contributed by atoms with E-state index in [4.69, 9.17) is 23.4 Å². The van der Waals surface area contributed by atoms with Crippen molar-refractivity contribution in [2.45, 2.75) is 13.0 Å². The van der Waals surface area contributed by atoms with E-state index in [0.29, 0.717) is 22.8 Å². The molecule has 0 saturated carbocycles. The van der Waals surface area contributed by atoms with Crippen molar-refractivity contribution in [3.05, 3.63) is 65.3 Å². The summed E-state index contributed by atoms with van der Waals surface area (Å²) in [5.41, 5.74) is 0.915. The van der Waals surface area contributed by atoms with Crippen molar-refractivity contribution in [3.8, 4) is 11.5 Å². The van der Waals surface area contributed by atoms with E-state index in [2.05, 4.69) is 10.6 Å². The summed E-state index contributed by atoms with van der Waals surface area (Å²) in [6, 6.07) is 7.04. The minimum absolute atomic E-state index is 0.0916. The van der Waals surface area contributed by atoms with Crippen molar-refractivity contribution in [1.29, 1.82) is 0 Å². The van der Waals surface area contributed by atoms with Crippen LogP contribution in [0, 0.1) is 0 Å². The van der Waals surface area contributed by atoms with Crippen LogP contribution in [0.25, 0.3) is 6.08 Å². The fourth-order valence-corrected chi connectivity index (χ4v) is 3.22. The Kier molecular flexibility index (Phi) is 6.11. The van der Waals surface area contributed by atoms with Crippen LogP contribution in [-0.2, 0) is 19.1 Å². The van der Waals surface area contributed by atoms with Gasteiger partial charge in [-0.15, -0.1) is 0 Å². The van der Waals surface area contributed by atoms with Crippen LogP contribution in [0.1, 0.15) is 24.3 Å². The summed E-state index contributed by atoms with van der Waals surface area (Å²) in [5.74, 6) is 0.237. The number of hydrogen-bond acceptors (Lipinski definition) is 8. The van der Waals surface area contributed by atoms with Crippen LogP contribution in [0.5, 0.6) is 11.5 Å². The van der Waals surface area contributed by atoms with E-state index in [-0.39, 0.29) is 31.3 Å². The lowest BCUT2D eigenvalue weighted by atomic mass is 10.0. The molecule has 0 aliphatic carbocycles. The van der Waals surface area contributed by atoms with Crippen LogP contribution in [0.4, 0.5) is 4.79 Å². The molecule has 2 amide bonds. The Morgan fingerprint density at radius 2 is 2.03 bits per heavy atom. The van der Waals surface area contributed by atoms with E-state index < -0.39 is 24.0 Å². The molecular weight excluding hydrogens is 420 g/mol. The number of furan rings is 1. The predicted octanol–water partition coefficient (Wildman–Crippen LogP) is 2.44. The lowest BCUT2D eigenvalue weighted by Gasteiger charge is -2.27. The molecule has 2 aliphatic heterocycles. The van der Waals surface area contributed by atoms with Crippen LogP contribution in [0.2, 0.25) is 0 Å². The van der Waals surface area contributed by atoms with Crippen LogP contribution in [0.15, 0.2) is 58.4 Å². The van der Waals surface area contributed by atoms with Crippen LogP contribution >= 0.6 is 0 Å². The van der Waals surface area contributed by atoms with Gasteiger partial charge < -0.3 is 34.0 Å². The SMILES string of the molecule is CCOC(=O)C1=C(COC(=O)/C=C/c2ccc3c(c2)OCO3)NC(=O)NC1c1ccco1. The molecule has 32 heavy (non-hydrogen) atoms. The number of ether oxygens (including phenoxy) is 4. The number of rotatable bonds is 7. The van der Waals surface area contributed by atoms with Crippen molar-refractivity contribution in [3.63, 3.8) is 0 Å². The maximum absolute atomic E-state index is 12.6. The van der Waals surface area contributed by atoms with Gasteiger partial charge in [0, 0.05) is 6.08 Å². The van der Waals surface area contributed by atoms with E-state index in [9.17, 15) is 14.4 Å². The first-order chi connectivity index (χ1) is 15.5. The molecule has 2 N–H and O–H groups in total. The first-order valence-electron chi connectivity index (χ1n) is 9.80. The molecule has 1 atom stereocenters. The minimum atomic E-state index is -0.879. The number of amides is 2. The molecule has 10 heteroatoms. The molecule has 4 rings (SSSR count). The Hall–Kier alpha value is -4.21. The van der Waals surface area contributed by atoms with E-state index in [1.54, 1.807) is 43.3 Å². The molecule has 0 fully saturated rings. The zero-order chi connectivity index (χ0) is 22.5. The number of esters is 2. The fourth-order valence-electron chi connectivity index (χ4n) is 3.22. The number of hydrogen-bond donors (Lipinski definition) is 2. The summed E-state index contributed by atoms with van der Waals surface area (Å²) in [4.78, 5) is 36.9. The molecule has 0 radical (unpaired) electrons. The van der Waals surface area contributed by atoms with Crippen molar-refractivity contribution in [2.75, 3.05) is 20.0 Å². The molecular formula is C22H20N2O8. The van der Waals surface area contributed by atoms with Gasteiger partial charge in [-0.2, -0.15) is 0 Å². The van der Waals surface area contributed by atoms with Gasteiger partial charge in [-0.3, -0.25) is 0 Å². The molecule has 1 unspecified atom stereocenters. The van der Waals surface area contributed by atoms with E-state index in [1.165, 1.54) is 12.3 Å². The van der Waals surface area contributed by atoms with E-state index in [0.717, 1.165) is 0 Å². The Morgan fingerprint density at radius 3 is 2.81 bits per heavy atom. The van der Waals surface area contributed by atoms with Gasteiger partial charge in [-0.1, -0.05) is 6.07 Å². The predicted molar refractivity (Wildman–Crippen MR) is 109 cm³/mol. The van der Waals surface area contributed by atoms with Gasteiger partial charge in [0.05, 0.1) is 24.1 Å². The first kappa shape index (κ1) is 21.0. The Bertz CT molecular complexity index is 1090. The third-order valence-corrected chi connectivity index (χ3v) is 4.64. The quantitative estimate of drug-likeness (QED) is 0.497. The average molecular weight is 440 g/mol. The third-order valence-electron chi connectivity index (χ3n) is 4.64. The van der Waals surface area contributed by atoms with Crippen LogP contribution < -0.4 is 20.1 Å². The average Bonchev–Trinajstić information content (AvgIpc) is 3.47. The van der Waals surface area contributed by atoms with E-state index >= 15 is 0 Å². The lowest BCUT2D eigenvalue weighted by molar-refractivity contribution is -0.140. The Labute approximate surface area is 182 Å². The number of carbonyl (C=O) groups excluding carboxylic acids is 3. The summed E-state index contributed by atoms with van der Waals surface area (Å²) in [7, 11) is 0. The molecule has 0 bridgehead atoms. The second-order valence-electron chi connectivity index (χ2n) is 6.71. The maximum Gasteiger partial charge on any atom is 0.338 e. The van der Waals surface area contributed by atoms with Crippen molar-refractivity contribution >= 4 is 24.0 Å². The van der Waals surface area contributed by atoms with Gasteiger partial charge in [0.1, 0.15) is 18.4 Å². The first-order valence-corrected chi connectivity index (χ1v) is 9.80. The molecule has 1 aromatic heterocycles. The van der Waals surface area contributed by atoms with Crippen molar-refractivity contribution in [2.24, 2.45) is 0 Å². The Morgan fingerprint density at radius 1 is 1.19 bits per heavy atom. The highest BCUT2D eigenvalue weighted by molar-refractivity contribution is 5.95. The van der Waals surface area contributed by atoms with Crippen LogP contribution in [-0.4, -0.2) is 38.0 Å². The maximum atomic E-state index is 12.6. The topological polar surface area (TPSA) is 125 Å². The number of nitrogens with one attached hydrogen (secondary N) is 2. The second kappa shape index (κ2) is 9.29. The van der Waals surface area contributed by atoms with Gasteiger partial charge >= 0.3 is 18.0 Å².